The minimum Gasteiger partial charge on any atom is -0.490 e. The molecule has 0 atom stereocenters. The third-order valence-electron chi connectivity index (χ3n) is 1.51. The zero-order valence-electron chi connectivity index (χ0n) is 7.21. The van der Waals surface area contributed by atoms with Gasteiger partial charge in [-0.05, 0) is 24.3 Å². The molecule has 0 amide bonds. The van der Waals surface area contributed by atoms with Gasteiger partial charge in [0, 0.05) is 12.7 Å². The average Bonchev–Trinajstić information content (AvgIpc) is 2.15. The Morgan fingerprint density at radius 2 is 2.08 bits per heavy atom. The molecular formula is C10H13NO. The summed E-state index contributed by atoms with van der Waals surface area (Å²) in [5.41, 5.74) is 1.08. The van der Waals surface area contributed by atoms with E-state index in [0.29, 0.717) is 6.61 Å². The van der Waals surface area contributed by atoms with Crippen LogP contribution in [-0.4, -0.2) is 13.7 Å². The molecule has 0 fully saturated rings. The molecule has 0 spiro atoms. The van der Waals surface area contributed by atoms with E-state index in [4.69, 9.17) is 4.74 Å². The summed E-state index contributed by atoms with van der Waals surface area (Å²) in [6.07, 6.45) is 1.73. The van der Waals surface area contributed by atoms with Crippen LogP contribution >= 0.6 is 0 Å². The molecule has 1 aromatic rings. The lowest BCUT2D eigenvalue weighted by Gasteiger charge is -2.03. The van der Waals surface area contributed by atoms with Crippen LogP contribution in [0, 0.1) is 0 Å². The first kappa shape index (κ1) is 8.65. The van der Waals surface area contributed by atoms with E-state index in [1.54, 1.807) is 6.08 Å². The van der Waals surface area contributed by atoms with Crippen molar-refractivity contribution in [1.82, 2.24) is 0 Å². The van der Waals surface area contributed by atoms with Gasteiger partial charge in [-0.2, -0.15) is 0 Å². The maximum atomic E-state index is 5.31. The van der Waals surface area contributed by atoms with Gasteiger partial charge in [0.05, 0.1) is 0 Å². The maximum Gasteiger partial charge on any atom is 0.119 e. The summed E-state index contributed by atoms with van der Waals surface area (Å²) in [4.78, 5) is 0. The first-order valence-corrected chi connectivity index (χ1v) is 3.88. The normalized spacial score (nSPS) is 9.08. The second-order valence-corrected chi connectivity index (χ2v) is 2.37. The van der Waals surface area contributed by atoms with Crippen molar-refractivity contribution in [2.45, 2.75) is 0 Å². The average molecular weight is 163 g/mol. The van der Waals surface area contributed by atoms with Gasteiger partial charge in [-0.25, -0.2) is 0 Å². The number of hydrogen-bond donors (Lipinski definition) is 1. The van der Waals surface area contributed by atoms with Crippen molar-refractivity contribution in [3.05, 3.63) is 36.9 Å². The van der Waals surface area contributed by atoms with Crippen molar-refractivity contribution in [1.29, 1.82) is 0 Å². The SMILES string of the molecule is C=CCOc1ccc(NC)cc1. The van der Waals surface area contributed by atoms with Gasteiger partial charge in [-0.3, -0.25) is 0 Å². The number of nitrogens with one attached hydrogen (secondary N) is 1. The smallest absolute Gasteiger partial charge is 0.119 e. The third kappa shape index (κ3) is 2.31. The van der Waals surface area contributed by atoms with Crippen molar-refractivity contribution in [3.8, 4) is 5.75 Å². The number of rotatable bonds is 4. The second-order valence-electron chi connectivity index (χ2n) is 2.37. The third-order valence-corrected chi connectivity index (χ3v) is 1.51. The van der Waals surface area contributed by atoms with Gasteiger partial charge in [0.25, 0.3) is 0 Å². The Balaban J connectivity index is 2.58. The lowest BCUT2D eigenvalue weighted by atomic mass is 10.3. The van der Waals surface area contributed by atoms with Gasteiger partial charge in [-0.15, -0.1) is 0 Å². The predicted octanol–water partition coefficient (Wildman–Crippen LogP) is 2.29. The molecule has 1 rings (SSSR count). The number of anilines is 1. The Bertz CT molecular complexity index is 241. The molecule has 0 radical (unpaired) electrons. The molecule has 0 heterocycles. The highest BCUT2D eigenvalue weighted by atomic mass is 16.5. The van der Waals surface area contributed by atoms with Gasteiger partial charge in [0.15, 0.2) is 0 Å². The molecular weight excluding hydrogens is 150 g/mol. The Morgan fingerprint density at radius 3 is 2.58 bits per heavy atom. The molecule has 0 aliphatic rings. The standard InChI is InChI=1S/C10H13NO/c1-3-8-12-10-6-4-9(11-2)5-7-10/h3-7,11H,1,8H2,2H3. The second kappa shape index (κ2) is 4.44. The molecule has 0 aliphatic carbocycles. The lowest BCUT2D eigenvalue weighted by molar-refractivity contribution is 0.363. The van der Waals surface area contributed by atoms with Crippen LogP contribution in [0.5, 0.6) is 5.75 Å². The van der Waals surface area contributed by atoms with Crippen molar-refractivity contribution < 1.29 is 4.74 Å². The fourth-order valence-electron chi connectivity index (χ4n) is 0.873. The molecule has 0 aliphatic heterocycles. The molecule has 12 heavy (non-hydrogen) atoms. The van der Waals surface area contributed by atoms with E-state index in [1.807, 2.05) is 31.3 Å². The Morgan fingerprint density at radius 1 is 1.42 bits per heavy atom. The van der Waals surface area contributed by atoms with E-state index < -0.39 is 0 Å². The highest BCUT2D eigenvalue weighted by Gasteiger charge is 1.90. The van der Waals surface area contributed by atoms with E-state index in [2.05, 4.69) is 11.9 Å². The summed E-state index contributed by atoms with van der Waals surface area (Å²) in [5, 5.41) is 3.03. The fraction of sp³-hybridized carbons (Fsp3) is 0.200. The van der Waals surface area contributed by atoms with Crippen molar-refractivity contribution in [2.75, 3.05) is 19.0 Å². The Labute approximate surface area is 72.9 Å². The first-order chi connectivity index (χ1) is 5.86. The van der Waals surface area contributed by atoms with Gasteiger partial charge in [0.2, 0.25) is 0 Å². The van der Waals surface area contributed by atoms with Crippen LogP contribution in [0.2, 0.25) is 0 Å². The molecule has 1 N–H and O–H groups in total. The van der Waals surface area contributed by atoms with Gasteiger partial charge in [0.1, 0.15) is 12.4 Å². The zero-order valence-corrected chi connectivity index (χ0v) is 7.21. The van der Waals surface area contributed by atoms with Crippen LogP contribution < -0.4 is 10.1 Å². The van der Waals surface area contributed by atoms with E-state index in [0.717, 1.165) is 11.4 Å². The fourth-order valence-corrected chi connectivity index (χ4v) is 0.873. The molecule has 2 heteroatoms. The zero-order chi connectivity index (χ0) is 8.81. The molecule has 0 saturated heterocycles. The van der Waals surface area contributed by atoms with E-state index in [9.17, 15) is 0 Å². The largest absolute Gasteiger partial charge is 0.490 e. The lowest BCUT2D eigenvalue weighted by Crippen LogP contribution is -1.93. The molecule has 1 aromatic carbocycles. The molecule has 64 valence electrons. The summed E-state index contributed by atoms with van der Waals surface area (Å²) < 4.78 is 5.31. The van der Waals surface area contributed by atoms with Crippen LogP contribution in [0.25, 0.3) is 0 Å². The van der Waals surface area contributed by atoms with Gasteiger partial charge in [-0.1, -0.05) is 12.7 Å². The van der Waals surface area contributed by atoms with Crippen molar-refractivity contribution >= 4 is 5.69 Å². The summed E-state index contributed by atoms with van der Waals surface area (Å²) >= 11 is 0. The van der Waals surface area contributed by atoms with Crippen LogP contribution in [-0.2, 0) is 0 Å². The summed E-state index contributed by atoms with van der Waals surface area (Å²) in [7, 11) is 1.89. The molecule has 0 unspecified atom stereocenters. The quantitative estimate of drug-likeness (QED) is 0.687. The Kier molecular flexibility index (Phi) is 3.20. The number of ether oxygens (including phenoxy) is 1. The summed E-state index contributed by atoms with van der Waals surface area (Å²) in [5.74, 6) is 0.869. The number of benzene rings is 1. The molecule has 0 saturated carbocycles. The molecule has 2 nitrogen and oxygen atoms in total. The topological polar surface area (TPSA) is 21.3 Å². The van der Waals surface area contributed by atoms with Crippen molar-refractivity contribution in [2.24, 2.45) is 0 Å². The first-order valence-electron chi connectivity index (χ1n) is 3.88. The number of hydrogen-bond acceptors (Lipinski definition) is 2. The van der Waals surface area contributed by atoms with E-state index in [-0.39, 0.29) is 0 Å². The highest BCUT2D eigenvalue weighted by Crippen LogP contribution is 2.14. The summed E-state index contributed by atoms with van der Waals surface area (Å²) in [6, 6.07) is 7.79. The van der Waals surface area contributed by atoms with Gasteiger partial charge < -0.3 is 10.1 Å². The van der Waals surface area contributed by atoms with Crippen LogP contribution in [0.3, 0.4) is 0 Å². The van der Waals surface area contributed by atoms with E-state index >= 15 is 0 Å². The van der Waals surface area contributed by atoms with Crippen LogP contribution in [0.15, 0.2) is 36.9 Å². The van der Waals surface area contributed by atoms with Crippen molar-refractivity contribution in [3.63, 3.8) is 0 Å². The maximum absolute atomic E-state index is 5.31. The van der Waals surface area contributed by atoms with Crippen LogP contribution in [0.1, 0.15) is 0 Å². The van der Waals surface area contributed by atoms with E-state index in [1.165, 1.54) is 0 Å². The summed E-state index contributed by atoms with van der Waals surface area (Å²) in [6.45, 7) is 4.13. The Hall–Kier alpha value is -1.44. The predicted molar refractivity (Wildman–Crippen MR) is 51.7 cm³/mol. The van der Waals surface area contributed by atoms with Gasteiger partial charge >= 0.3 is 0 Å². The minimum absolute atomic E-state index is 0.554. The molecule has 0 bridgehead atoms. The highest BCUT2D eigenvalue weighted by molar-refractivity contribution is 5.45. The van der Waals surface area contributed by atoms with Crippen LogP contribution in [0.4, 0.5) is 5.69 Å². The monoisotopic (exact) mass is 163 g/mol. The minimum atomic E-state index is 0.554. The molecule has 0 aromatic heterocycles.